The maximum atomic E-state index is 13.0. The van der Waals surface area contributed by atoms with E-state index in [4.69, 9.17) is 11.6 Å². The Balaban J connectivity index is 1.74. The van der Waals surface area contributed by atoms with E-state index in [1.165, 1.54) is 4.90 Å². The number of piperazine rings is 1. The van der Waals surface area contributed by atoms with Gasteiger partial charge in [-0.25, -0.2) is 0 Å². The summed E-state index contributed by atoms with van der Waals surface area (Å²) in [6, 6.07) is 6.48. The number of halogens is 7. The quantitative estimate of drug-likeness (QED) is 0.409. The zero-order chi connectivity index (χ0) is 23.7. The highest BCUT2D eigenvalue weighted by molar-refractivity contribution is 6.30. The van der Waals surface area contributed by atoms with E-state index in [0.717, 1.165) is 11.3 Å². The normalized spacial score (nSPS) is 14.8. The smallest absolute Gasteiger partial charge is 0.368 e. The van der Waals surface area contributed by atoms with E-state index >= 15 is 0 Å². The van der Waals surface area contributed by atoms with Gasteiger partial charge in [0.25, 0.3) is 5.91 Å². The molecule has 0 unspecified atom stereocenters. The molecule has 0 spiro atoms. The van der Waals surface area contributed by atoms with Crippen LogP contribution in [0.15, 0.2) is 36.4 Å². The summed E-state index contributed by atoms with van der Waals surface area (Å²) in [5.74, 6) is 3.65. The number of aryl methyl sites for hydroxylation is 1. The van der Waals surface area contributed by atoms with Crippen molar-refractivity contribution in [2.45, 2.75) is 19.3 Å². The first-order chi connectivity index (χ1) is 14.8. The minimum atomic E-state index is -4.98. The van der Waals surface area contributed by atoms with Crippen LogP contribution < -0.4 is 4.90 Å². The third-order valence-electron chi connectivity index (χ3n) is 4.98. The van der Waals surface area contributed by atoms with Crippen LogP contribution in [0.3, 0.4) is 0 Å². The molecule has 1 saturated heterocycles. The molecule has 0 aromatic heterocycles. The number of carbonyl (C=O) groups excluding carboxylic acids is 1. The van der Waals surface area contributed by atoms with Crippen LogP contribution in [0, 0.1) is 18.8 Å². The molecule has 1 heterocycles. The molecule has 2 aromatic carbocycles. The molecule has 10 heteroatoms. The number of nitrogens with zero attached hydrogens (tertiary/aromatic N) is 2. The second kappa shape index (κ2) is 8.94. The van der Waals surface area contributed by atoms with Crippen LogP contribution in [0.5, 0.6) is 0 Å². The van der Waals surface area contributed by atoms with Crippen molar-refractivity contribution in [3.63, 3.8) is 0 Å². The van der Waals surface area contributed by atoms with E-state index in [1.807, 2.05) is 24.0 Å². The van der Waals surface area contributed by atoms with Gasteiger partial charge >= 0.3 is 12.4 Å². The standard InChI is InChI=1S/C22H17ClF6N2O/c1-14-2-4-18(23)13-19(14)30-6-8-31(9-7-30)20(32)5-3-15-10-16(21(24,25)26)12-17(11-15)22(27,28)29/h2,4,10-13H,6-9H2,1H3. The van der Waals surface area contributed by atoms with Crippen LogP contribution in [0.25, 0.3) is 0 Å². The van der Waals surface area contributed by atoms with E-state index in [0.29, 0.717) is 43.3 Å². The molecule has 1 aliphatic rings. The van der Waals surface area contributed by atoms with Crippen LogP contribution >= 0.6 is 11.6 Å². The summed E-state index contributed by atoms with van der Waals surface area (Å²) in [6.45, 7) is 3.50. The molecule has 0 radical (unpaired) electrons. The maximum absolute atomic E-state index is 13.0. The highest BCUT2D eigenvalue weighted by Gasteiger charge is 2.36. The average Bonchev–Trinajstić information content (AvgIpc) is 2.72. The lowest BCUT2D eigenvalue weighted by Gasteiger charge is -2.36. The summed E-state index contributed by atoms with van der Waals surface area (Å²) in [6.07, 6.45) is -9.95. The van der Waals surface area contributed by atoms with Crippen LogP contribution in [0.4, 0.5) is 32.0 Å². The van der Waals surface area contributed by atoms with Crippen molar-refractivity contribution in [2.24, 2.45) is 0 Å². The fourth-order valence-electron chi connectivity index (χ4n) is 3.31. The van der Waals surface area contributed by atoms with Crippen molar-refractivity contribution in [1.29, 1.82) is 0 Å². The van der Waals surface area contributed by atoms with Gasteiger partial charge in [-0.2, -0.15) is 26.3 Å². The molecule has 1 aliphatic heterocycles. The largest absolute Gasteiger partial charge is 0.416 e. The molecule has 0 aliphatic carbocycles. The monoisotopic (exact) mass is 474 g/mol. The Kier molecular flexibility index (Phi) is 6.65. The van der Waals surface area contributed by atoms with Gasteiger partial charge in [0.2, 0.25) is 0 Å². The number of rotatable bonds is 1. The van der Waals surface area contributed by atoms with E-state index in [1.54, 1.807) is 6.07 Å². The van der Waals surface area contributed by atoms with Gasteiger partial charge in [-0.05, 0) is 42.8 Å². The first-order valence-electron chi connectivity index (χ1n) is 9.46. The zero-order valence-electron chi connectivity index (χ0n) is 16.7. The Labute approximate surface area is 185 Å². The van der Waals surface area contributed by atoms with E-state index in [2.05, 4.69) is 11.8 Å². The summed E-state index contributed by atoms with van der Waals surface area (Å²) in [5.41, 5.74) is -1.55. The van der Waals surface area contributed by atoms with Gasteiger partial charge in [0.1, 0.15) is 0 Å². The molecule has 0 N–H and O–H groups in total. The lowest BCUT2D eigenvalue weighted by Crippen LogP contribution is -2.48. The third-order valence-corrected chi connectivity index (χ3v) is 5.22. The second-order valence-corrected chi connectivity index (χ2v) is 7.69. The highest BCUT2D eigenvalue weighted by Crippen LogP contribution is 2.36. The fourth-order valence-corrected chi connectivity index (χ4v) is 3.47. The zero-order valence-corrected chi connectivity index (χ0v) is 17.5. The summed E-state index contributed by atoms with van der Waals surface area (Å²) in [7, 11) is 0. The molecule has 32 heavy (non-hydrogen) atoms. The molecular formula is C22H17ClF6N2O. The third kappa shape index (κ3) is 5.68. The SMILES string of the molecule is Cc1ccc(Cl)cc1N1CCN(C(=O)C#Cc2cc(C(F)(F)F)cc(C(F)(F)F)c2)CC1. The lowest BCUT2D eigenvalue weighted by molar-refractivity contribution is -0.143. The molecule has 0 bridgehead atoms. The fraction of sp³-hybridized carbons (Fsp3) is 0.318. The van der Waals surface area contributed by atoms with Crippen molar-refractivity contribution in [3.05, 3.63) is 63.7 Å². The van der Waals surface area contributed by atoms with Gasteiger partial charge in [-0.1, -0.05) is 23.6 Å². The van der Waals surface area contributed by atoms with Crippen LogP contribution in [0.2, 0.25) is 5.02 Å². The first kappa shape index (κ1) is 23.8. The van der Waals surface area contributed by atoms with Gasteiger partial charge in [0.15, 0.2) is 0 Å². The van der Waals surface area contributed by atoms with Crippen molar-refractivity contribution < 1.29 is 31.1 Å². The number of alkyl halides is 6. The Hall–Kier alpha value is -2.86. The Morgan fingerprint density at radius 3 is 2.00 bits per heavy atom. The van der Waals surface area contributed by atoms with Crippen molar-refractivity contribution in [3.8, 4) is 11.8 Å². The van der Waals surface area contributed by atoms with Gasteiger partial charge in [0.05, 0.1) is 11.1 Å². The number of anilines is 1. The van der Waals surface area contributed by atoms with Gasteiger partial charge in [0, 0.05) is 48.4 Å². The van der Waals surface area contributed by atoms with Gasteiger partial charge in [-0.15, -0.1) is 0 Å². The number of amides is 1. The van der Waals surface area contributed by atoms with Crippen LogP contribution in [-0.4, -0.2) is 37.0 Å². The minimum Gasteiger partial charge on any atom is -0.368 e. The van der Waals surface area contributed by atoms with E-state index in [-0.39, 0.29) is 6.07 Å². The molecule has 3 nitrogen and oxygen atoms in total. The van der Waals surface area contributed by atoms with Crippen molar-refractivity contribution in [1.82, 2.24) is 4.90 Å². The topological polar surface area (TPSA) is 23.6 Å². The van der Waals surface area contributed by atoms with Gasteiger partial charge < -0.3 is 9.80 Å². The average molecular weight is 475 g/mol. The minimum absolute atomic E-state index is 0.0179. The first-order valence-corrected chi connectivity index (χ1v) is 9.84. The molecular weight excluding hydrogens is 458 g/mol. The Bertz CT molecular complexity index is 1040. The van der Waals surface area contributed by atoms with Crippen LogP contribution in [-0.2, 0) is 17.1 Å². The molecule has 0 atom stereocenters. The van der Waals surface area contributed by atoms with E-state index < -0.39 is 35.0 Å². The summed E-state index contributed by atoms with van der Waals surface area (Å²) >= 11 is 6.04. The van der Waals surface area contributed by atoms with E-state index in [9.17, 15) is 31.1 Å². The van der Waals surface area contributed by atoms with Crippen LogP contribution in [0.1, 0.15) is 22.3 Å². The molecule has 2 aromatic rings. The number of benzene rings is 2. The van der Waals surface area contributed by atoms with Gasteiger partial charge in [-0.3, -0.25) is 4.79 Å². The molecule has 3 rings (SSSR count). The Morgan fingerprint density at radius 2 is 1.47 bits per heavy atom. The molecule has 1 fully saturated rings. The summed E-state index contributed by atoms with van der Waals surface area (Å²) < 4.78 is 77.7. The van der Waals surface area contributed by atoms with Crippen molar-refractivity contribution >= 4 is 23.2 Å². The number of carbonyl (C=O) groups is 1. The predicted octanol–water partition coefficient (Wildman–Crippen LogP) is 5.39. The summed E-state index contributed by atoms with van der Waals surface area (Å²) in [4.78, 5) is 15.8. The Morgan fingerprint density at radius 1 is 0.906 bits per heavy atom. The second-order valence-electron chi connectivity index (χ2n) is 7.25. The summed E-state index contributed by atoms with van der Waals surface area (Å²) in [5, 5.41) is 0.578. The number of hydrogen-bond donors (Lipinski definition) is 0. The maximum Gasteiger partial charge on any atom is 0.416 e. The highest BCUT2D eigenvalue weighted by atomic mass is 35.5. The predicted molar refractivity (Wildman–Crippen MR) is 108 cm³/mol. The van der Waals surface area contributed by atoms with Crippen molar-refractivity contribution in [2.75, 3.05) is 31.1 Å². The lowest BCUT2D eigenvalue weighted by atomic mass is 10.0. The molecule has 0 saturated carbocycles. The molecule has 170 valence electrons. The number of hydrogen-bond acceptors (Lipinski definition) is 2. The molecule has 1 amide bonds.